The van der Waals surface area contributed by atoms with Crippen LogP contribution in [-0.4, -0.2) is 21.9 Å². The van der Waals surface area contributed by atoms with Crippen LogP contribution in [0, 0.1) is 19.8 Å². The monoisotopic (exact) mass is 248 g/mol. The molecule has 2 rings (SSSR count). The maximum absolute atomic E-state index is 11.9. The first-order valence-corrected chi connectivity index (χ1v) is 6.39. The summed E-state index contributed by atoms with van der Waals surface area (Å²) in [6.45, 7) is 4.25. The Balaban J connectivity index is 1.89. The Hall–Kier alpha value is -1.49. The van der Waals surface area contributed by atoms with Gasteiger partial charge in [0.25, 0.3) is 0 Å². The zero-order valence-electron chi connectivity index (χ0n) is 10.9. The Kier molecular flexibility index (Phi) is 3.91. The lowest BCUT2D eigenvalue weighted by Crippen LogP contribution is -2.30. The summed E-state index contributed by atoms with van der Waals surface area (Å²) in [4.78, 5) is 20.5. The van der Waals surface area contributed by atoms with Gasteiger partial charge in [0.05, 0.1) is 6.54 Å². The molecule has 0 saturated heterocycles. The zero-order chi connectivity index (χ0) is 13.1. The average molecular weight is 248 g/mol. The van der Waals surface area contributed by atoms with Gasteiger partial charge in [0.2, 0.25) is 5.91 Å². The number of hydrogen-bond acceptors (Lipinski definition) is 4. The fourth-order valence-corrected chi connectivity index (χ4v) is 2.44. The molecule has 2 atom stereocenters. The fraction of sp³-hybridized carbons (Fsp3) is 0.615. The molecule has 1 heterocycles. The van der Waals surface area contributed by atoms with Crippen molar-refractivity contribution < 1.29 is 4.79 Å². The van der Waals surface area contributed by atoms with Crippen LogP contribution in [0.1, 0.15) is 36.5 Å². The van der Waals surface area contributed by atoms with Gasteiger partial charge >= 0.3 is 0 Å². The van der Waals surface area contributed by atoms with Crippen molar-refractivity contribution in [1.29, 1.82) is 0 Å². The number of nitrogens with two attached hydrogens (primary N) is 1. The number of aromatic nitrogens is 2. The molecule has 0 aromatic carbocycles. The van der Waals surface area contributed by atoms with Crippen molar-refractivity contribution in [3.05, 3.63) is 23.3 Å². The van der Waals surface area contributed by atoms with Crippen LogP contribution in [0.15, 0.2) is 6.07 Å². The molecule has 1 saturated carbocycles. The number of nitrogens with zero attached hydrogens (tertiary/aromatic N) is 2. The fourth-order valence-electron chi connectivity index (χ4n) is 2.44. The smallest absolute Gasteiger partial charge is 0.223 e. The highest BCUT2D eigenvalue weighted by Gasteiger charge is 2.27. The van der Waals surface area contributed by atoms with Gasteiger partial charge in [0.15, 0.2) is 0 Å². The number of nitrogens with one attached hydrogen (secondary N) is 1. The third-order valence-electron chi connectivity index (χ3n) is 3.29. The molecule has 3 N–H and O–H groups in total. The lowest BCUT2D eigenvalue weighted by Gasteiger charge is -2.10. The van der Waals surface area contributed by atoms with Crippen molar-refractivity contribution in [3.63, 3.8) is 0 Å². The van der Waals surface area contributed by atoms with E-state index in [0.717, 1.165) is 30.7 Å². The molecular weight excluding hydrogens is 228 g/mol. The Morgan fingerprint density at radius 2 is 2.06 bits per heavy atom. The van der Waals surface area contributed by atoms with Crippen LogP contribution >= 0.6 is 0 Å². The second kappa shape index (κ2) is 5.44. The van der Waals surface area contributed by atoms with E-state index in [0.29, 0.717) is 12.4 Å². The minimum Gasteiger partial charge on any atom is -0.349 e. The SMILES string of the molecule is Cc1cc(C)nc(CNC(=O)[C@H]2CC[C@@H](N)C2)n1. The average Bonchev–Trinajstić information content (AvgIpc) is 2.71. The Labute approximate surface area is 107 Å². The summed E-state index contributed by atoms with van der Waals surface area (Å²) in [6, 6.07) is 2.10. The van der Waals surface area contributed by atoms with Gasteiger partial charge in [-0.1, -0.05) is 0 Å². The minimum absolute atomic E-state index is 0.0610. The minimum atomic E-state index is 0.0610. The number of hydrogen-bond donors (Lipinski definition) is 2. The number of aryl methyl sites for hydroxylation is 2. The van der Waals surface area contributed by atoms with Crippen LogP contribution in [0.5, 0.6) is 0 Å². The summed E-state index contributed by atoms with van der Waals surface area (Å²) in [5, 5.41) is 2.90. The summed E-state index contributed by atoms with van der Waals surface area (Å²) in [5.74, 6) is 0.805. The predicted molar refractivity (Wildman–Crippen MR) is 68.7 cm³/mol. The van der Waals surface area contributed by atoms with Gasteiger partial charge in [-0.2, -0.15) is 0 Å². The molecule has 1 aromatic rings. The van der Waals surface area contributed by atoms with Crippen molar-refractivity contribution in [3.8, 4) is 0 Å². The highest BCUT2D eigenvalue weighted by Crippen LogP contribution is 2.24. The van der Waals surface area contributed by atoms with E-state index in [1.807, 2.05) is 19.9 Å². The molecule has 1 aromatic heterocycles. The third kappa shape index (κ3) is 3.26. The van der Waals surface area contributed by atoms with Gasteiger partial charge in [-0.25, -0.2) is 9.97 Å². The molecule has 1 amide bonds. The second-order valence-electron chi connectivity index (χ2n) is 5.05. The summed E-state index contributed by atoms with van der Waals surface area (Å²) < 4.78 is 0. The molecule has 1 aliphatic carbocycles. The first kappa shape index (κ1) is 13.0. The largest absolute Gasteiger partial charge is 0.349 e. The van der Waals surface area contributed by atoms with Crippen LogP contribution < -0.4 is 11.1 Å². The summed E-state index contributed by atoms with van der Waals surface area (Å²) in [7, 11) is 0. The quantitative estimate of drug-likeness (QED) is 0.830. The van der Waals surface area contributed by atoms with Crippen molar-refractivity contribution >= 4 is 5.91 Å². The number of carbonyl (C=O) groups is 1. The standard InChI is InChI=1S/C13H20N4O/c1-8-5-9(2)17-12(16-8)7-15-13(18)10-3-4-11(14)6-10/h5,10-11H,3-4,6-7,14H2,1-2H3,(H,15,18)/t10-,11+/m0/s1. The molecule has 5 nitrogen and oxygen atoms in total. The van der Waals surface area contributed by atoms with Gasteiger partial charge in [0, 0.05) is 23.3 Å². The Morgan fingerprint density at radius 3 is 2.61 bits per heavy atom. The van der Waals surface area contributed by atoms with E-state index in [1.165, 1.54) is 0 Å². The Bertz CT molecular complexity index is 426. The van der Waals surface area contributed by atoms with Crippen molar-refractivity contribution in [1.82, 2.24) is 15.3 Å². The van der Waals surface area contributed by atoms with E-state index in [2.05, 4.69) is 15.3 Å². The van der Waals surface area contributed by atoms with Gasteiger partial charge in [-0.3, -0.25) is 4.79 Å². The molecule has 1 fully saturated rings. The molecule has 18 heavy (non-hydrogen) atoms. The van der Waals surface area contributed by atoms with Gasteiger partial charge in [-0.15, -0.1) is 0 Å². The summed E-state index contributed by atoms with van der Waals surface area (Å²) in [5.41, 5.74) is 7.66. The van der Waals surface area contributed by atoms with Crippen LogP contribution in [0.4, 0.5) is 0 Å². The molecular formula is C13H20N4O. The highest BCUT2D eigenvalue weighted by molar-refractivity contribution is 5.78. The molecule has 0 bridgehead atoms. The van der Waals surface area contributed by atoms with Crippen molar-refractivity contribution in [2.75, 3.05) is 0 Å². The molecule has 0 spiro atoms. The molecule has 98 valence electrons. The summed E-state index contributed by atoms with van der Waals surface area (Å²) >= 11 is 0. The predicted octanol–water partition coefficient (Wildman–Crippen LogP) is 0.837. The van der Waals surface area contributed by atoms with E-state index < -0.39 is 0 Å². The molecule has 1 aliphatic rings. The van der Waals surface area contributed by atoms with E-state index in [1.54, 1.807) is 0 Å². The maximum atomic E-state index is 11.9. The van der Waals surface area contributed by atoms with Crippen LogP contribution in [0.2, 0.25) is 0 Å². The second-order valence-corrected chi connectivity index (χ2v) is 5.05. The molecule has 0 unspecified atom stereocenters. The topological polar surface area (TPSA) is 80.9 Å². The van der Waals surface area contributed by atoms with Gasteiger partial charge < -0.3 is 11.1 Å². The van der Waals surface area contributed by atoms with E-state index in [4.69, 9.17) is 5.73 Å². The number of carbonyl (C=O) groups excluding carboxylic acids is 1. The maximum Gasteiger partial charge on any atom is 0.223 e. The van der Waals surface area contributed by atoms with Crippen LogP contribution in [0.3, 0.4) is 0 Å². The molecule has 0 aliphatic heterocycles. The van der Waals surface area contributed by atoms with E-state index in [9.17, 15) is 4.79 Å². The van der Waals surface area contributed by atoms with E-state index >= 15 is 0 Å². The van der Waals surface area contributed by atoms with Crippen molar-refractivity contribution in [2.24, 2.45) is 11.7 Å². The summed E-state index contributed by atoms with van der Waals surface area (Å²) in [6.07, 6.45) is 2.62. The van der Waals surface area contributed by atoms with Crippen LogP contribution in [-0.2, 0) is 11.3 Å². The highest BCUT2D eigenvalue weighted by atomic mass is 16.1. The van der Waals surface area contributed by atoms with E-state index in [-0.39, 0.29) is 17.9 Å². The first-order valence-electron chi connectivity index (χ1n) is 6.39. The van der Waals surface area contributed by atoms with Gasteiger partial charge in [0.1, 0.15) is 5.82 Å². The lowest BCUT2D eigenvalue weighted by atomic mass is 10.1. The normalized spacial score (nSPS) is 23.1. The lowest BCUT2D eigenvalue weighted by molar-refractivity contribution is -0.125. The van der Waals surface area contributed by atoms with Gasteiger partial charge in [-0.05, 0) is 39.2 Å². The zero-order valence-corrected chi connectivity index (χ0v) is 10.9. The third-order valence-corrected chi connectivity index (χ3v) is 3.29. The number of amides is 1. The first-order chi connectivity index (χ1) is 8.54. The molecule has 0 radical (unpaired) electrons. The molecule has 5 heteroatoms. The Morgan fingerprint density at radius 1 is 1.39 bits per heavy atom. The van der Waals surface area contributed by atoms with Crippen molar-refractivity contribution in [2.45, 2.75) is 45.7 Å². The van der Waals surface area contributed by atoms with Crippen LogP contribution in [0.25, 0.3) is 0 Å². The number of rotatable bonds is 3.